The van der Waals surface area contributed by atoms with E-state index in [0.29, 0.717) is 11.4 Å². The molecule has 2 atom stereocenters. The van der Waals surface area contributed by atoms with Gasteiger partial charge in [0.1, 0.15) is 12.4 Å². The van der Waals surface area contributed by atoms with Gasteiger partial charge in [-0.3, -0.25) is 4.90 Å². The minimum Gasteiger partial charge on any atom is -0.492 e. The molecule has 0 amide bonds. The summed E-state index contributed by atoms with van der Waals surface area (Å²) in [7, 11) is 2.21. The van der Waals surface area contributed by atoms with Gasteiger partial charge in [0.05, 0.1) is 11.4 Å². The molecule has 2 aliphatic rings. The molecule has 0 spiro atoms. The SMILES string of the molecule is CCC(NSC1COc2ccccc2C1)N1CCN(C)CC1. The van der Waals surface area contributed by atoms with E-state index in [1.807, 2.05) is 18.0 Å². The van der Waals surface area contributed by atoms with Gasteiger partial charge in [0.2, 0.25) is 0 Å². The molecule has 2 heterocycles. The Kier molecular flexibility index (Phi) is 5.63. The third-order valence-electron chi connectivity index (χ3n) is 4.58. The third kappa shape index (κ3) is 3.96. The molecule has 0 bridgehead atoms. The van der Waals surface area contributed by atoms with Crippen LogP contribution < -0.4 is 9.46 Å². The molecule has 0 aromatic heterocycles. The van der Waals surface area contributed by atoms with Crippen molar-refractivity contribution in [1.82, 2.24) is 14.5 Å². The first-order valence-corrected chi connectivity index (χ1v) is 9.18. The lowest BCUT2D eigenvalue weighted by molar-refractivity contribution is 0.105. The number of nitrogens with one attached hydrogen (secondary N) is 1. The Hall–Kier alpha value is -0.750. The predicted molar refractivity (Wildman–Crippen MR) is 93.3 cm³/mol. The number of piperazine rings is 1. The van der Waals surface area contributed by atoms with E-state index in [4.69, 9.17) is 4.74 Å². The molecule has 2 unspecified atom stereocenters. The van der Waals surface area contributed by atoms with E-state index in [1.165, 1.54) is 18.7 Å². The summed E-state index contributed by atoms with van der Waals surface area (Å²) in [6.45, 7) is 7.72. The molecule has 0 radical (unpaired) electrons. The Labute approximate surface area is 138 Å². The van der Waals surface area contributed by atoms with Crippen molar-refractivity contribution in [2.45, 2.75) is 31.2 Å². The van der Waals surface area contributed by atoms with E-state index in [2.05, 4.69) is 46.7 Å². The number of nitrogens with zero attached hydrogens (tertiary/aromatic N) is 2. The van der Waals surface area contributed by atoms with E-state index >= 15 is 0 Å². The van der Waals surface area contributed by atoms with Crippen molar-refractivity contribution in [2.24, 2.45) is 0 Å². The van der Waals surface area contributed by atoms with E-state index < -0.39 is 0 Å². The Morgan fingerprint density at radius 1 is 1.27 bits per heavy atom. The summed E-state index contributed by atoms with van der Waals surface area (Å²) in [5, 5.41) is 0.497. The van der Waals surface area contributed by atoms with Crippen LogP contribution in [0.2, 0.25) is 0 Å². The van der Waals surface area contributed by atoms with Crippen LogP contribution in [-0.2, 0) is 6.42 Å². The van der Waals surface area contributed by atoms with Gasteiger partial charge in [-0.15, -0.1) is 0 Å². The van der Waals surface area contributed by atoms with Crippen LogP contribution in [-0.4, -0.2) is 61.0 Å². The lowest BCUT2D eigenvalue weighted by atomic mass is 10.1. The Bertz CT molecular complexity index is 477. The molecule has 2 aliphatic heterocycles. The first-order chi connectivity index (χ1) is 10.8. The second-order valence-corrected chi connectivity index (χ2v) is 7.38. The molecule has 4 nitrogen and oxygen atoms in total. The number of hydrogen-bond donors (Lipinski definition) is 1. The fourth-order valence-electron chi connectivity index (χ4n) is 3.10. The van der Waals surface area contributed by atoms with Crippen LogP contribution in [0.15, 0.2) is 24.3 Å². The van der Waals surface area contributed by atoms with Crippen molar-refractivity contribution in [1.29, 1.82) is 0 Å². The lowest BCUT2D eigenvalue weighted by Gasteiger charge is -2.38. The van der Waals surface area contributed by atoms with Crippen molar-refractivity contribution in [3.05, 3.63) is 29.8 Å². The largest absolute Gasteiger partial charge is 0.492 e. The molecule has 0 aliphatic carbocycles. The molecule has 1 aromatic carbocycles. The van der Waals surface area contributed by atoms with Crippen LogP contribution in [0.5, 0.6) is 5.75 Å². The Morgan fingerprint density at radius 2 is 2.05 bits per heavy atom. The Balaban J connectivity index is 1.49. The smallest absolute Gasteiger partial charge is 0.122 e. The zero-order chi connectivity index (χ0) is 15.4. The van der Waals surface area contributed by atoms with Gasteiger partial charge in [-0.1, -0.05) is 37.1 Å². The minimum absolute atomic E-state index is 0.468. The third-order valence-corrected chi connectivity index (χ3v) is 5.63. The van der Waals surface area contributed by atoms with Gasteiger partial charge in [0.25, 0.3) is 0 Å². The first-order valence-electron chi connectivity index (χ1n) is 8.30. The van der Waals surface area contributed by atoms with Crippen molar-refractivity contribution in [3.63, 3.8) is 0 Å². The summed E-state index contributed by atoms with van der Waals surface area (Å²) in [5.41, 5.74) is 1.33. The predicted octanol–water partition coefficient (Wildman–Crippen LogP) is 2.21. The zero-order valence-electron chi connectivity index (χ0n) is 13.6. The number of likely N-dealkylation sites (N-methyl/N-ethyl adjacent to an activating group) is 1. The lowest BCUT2D eigenvalue weighted by Crippen LogP contribution is -2.52. The highest BCUT2D eigenvalue weighted by molar-refractivity contribution is 7.98. The van der Waals surface area contributed by atoms with Gasteiger partial charge in [-0.05, 0) is 31.5 Å². The van der Waals surface area contributed by atoms with Crippen LogP contribution >= 0.6 is 11.9 Å². The highest BCUT2D eigenvalue weighted by Gasteiger charge is 2.24. The minimum atomic E-state index is 0.468. The van der Waals surface area contributed by atoms with Crippen molar-refractivity contribution in [3.8, 4) is 5.75 Å². The van der Waals surface area contributed by atoms with E-state index in [1.54, 1.807) is 0 Å². The molecular formula is C17H27N3OS. The molecule has 1 saturated heterocycles. The number of fused-ring (bicyclic) bond motifs is 1. The summed E-state index contributed by atoms with van der Waals surface area (Å²) >= 11 is 1.86. The summed E-state index contributed by atoms with van der Waals surface area (Å²) < 4.78 is 9.58. The van der Waals surface area contributed by atoms with Gasteiger partial charge in [-0.25, -0.2) is 4.72 Å². The van der Waals surface area contributed by atoms with Crippen LogP contribution in [0.4, 0.5) is 0 Å². The number of para-hydroxylation sites is 1. The number of hydrogen-bond acceptors (Lipinski definition) is 5. The maximum atomic E-state index is 5.88. The Morgan fingerprint density at radius 3 is 2.82 bits per heavy atom. The molecule has 1 N–H and O–H groups in total. The monoisotopic (exact) mass is 321 g/mol. The molecule has 1 aromatic rings. The topological polar surface area (TPSA) is 27.7 Å². The quantitative estimate of drug-likeness (QED) is 0.840. The highest BCUT2D eigenvalue weighted by atomic mass is 32.2. The molecule has 3 rings (SSSR count). The molecular weight excluding hydrogens is 294 g/mol. The van der Waals surface area contributed by atoms with E-state index in [0.717, 1.165) is 38.3 Å². The second-order valence-electron chi connectivity index (χ2n) is 6.24. The molecule has 0 saturated carbocycles. The summed E-state index contributed by atoms with van der Waals surface area (Å²) in [5.74, 6) is 1.06. The van der Waals surface area contributed by atoms with E-state index in [9.17, 15) is 0 Å². The van der Waals surface area contributed by atoms with E-state index in [-0.39, 0.29) is 0 Å². The van der Waals surface area contributed by atoms with Gasteiger partial charge in [0.15, 0.2) is 0 Å². The molecule has 5 heteroatoms. The summed E-state index contributed by atoms with van der Waals surface area (Å²) in [4.78, 5) is 4.98. The number of rotatable bonds is 5. The fourth-order valence-corrected chi connectivity index (χ4v) is 4.16. The van der Waals surface area contributed by atoms with Crippen LogP contribution in [0.25, 0.3) is 0 Å². The van der Waals surface area contributed by atoms with Crippen molar-refractivity contribution < 1.29 is 4.74 Å². The molecule has 22 heavy (non-hydrogen) atoms. The average molecular weight is 321 g/mol. The van der Waals surface area contributed by atoms with Crippen LogP contribution in [0.1, 0.15) is 18.9 Å². The summed E-state index contributed by atoms with van der Waals surface area (Å²) in [6.07, 6.45) is 2.70. The maximum Gasteiger partial charge on any atom is 0.122 e. The maximum absolute atomic E-state index is 5.88. The highest BCUT2D eigenvalue weighted by Crippen LogP contribution is 2.28. The first kappa shape index (κ1) is 16.1. The number of benzene rings is 1. The summed E-state index contributed by atoms with van der Waals surface area (Å²) in [6, 6.07) is 8.40. The van der Waals surface area contributed by atoms with Gasteiger partial charge in [-0.2, -0.15) is 0 Å². The normalized spacial score (nSPS) is 24.5. The van der Waals surface area contributed by atoms with Crippen LogP contribution in [0.3, 0.4) is 0 Å². The second kappa shape index (κ2) is 7.68. The van der Waals surface area contributed by atoms with Crippen LogP contribution in [0, 0.1) is 0 Å². The van der Waals surface area contributed by atoms with Gasteiger partial charge >= 0.3 is 0 Å². The average Bonchev–Trinajstić information content (AvgIpc) is 2.57. The standard InChI is InChI=1S/C17H27N3OS/c1-3-17(20-10-8-19(2)9-11-20)18-22-15-12-14-6-4-5-7-16(14)21-13-15/h4-7,15,17-18H,3,8-13H2,1-2H3. The van der Waals surface area contributed by atoms with Gasteiger partial charge < -0.3 is 9.64 Å². The van der Waals surface area contributed by atoms with Crippen molar-refractivity contribution >= 4 is 11.9 Å². The zero-order valence-corrected chi connectivity index (χ0v) is 14.4. The molecule has 1 fully saturated rings. The fraction of sp³-hybridized carbons (Fsp3) is 0.647. The molecule has 122 valence electrons. The van der Waals surface area contributed by atoms with Crippen molar-refractivity contribution in [2.75, 3.05) is 39.8 Å². The van der Waals surface area contributed by atoms with Gasteiger partial charge in [0, 0.05) is 26.2 Å². The number of ether oxygens (including phenoxy) is 1.